The van der Waals surface area contributed by atoms with Crippen molar-refractivity contribution in [3.8, 4) is 0 Å². The number of aromatic nitrogens is 1. The van der Waals surface area contributed by atoms with Gasteiger partial charge in [-0.05, 0) is 12.1 Å². The summed E-state index contributed by atoms with van der Waals surface area (Å²) in [4.78, 5) is 17.0. The van der Waals surface area contributed by atoms with E-state index in [2.05, 4.69) is 4.98 Å². The fourth-order valence-corrected chi connectivity index (χ4v) is 1.48. The minimum atomic E-state index is -0.536. The Labute approximate surface area is 101 Å². The van der Waals surface area contributed by atoms with Gasteiger partial charge in [-0.1, -0.05) is 0 Å². The molecule has 1 heterocycles. The normalized spacial score (nSPS) is 10.2. The van der Waals surface area contributed by atoms with Gasteiger partial charge < -0.3 is 21.1 Å². The van der Waals surface area contributed by atoms with Crippen LogP contribution in [0.5, 0.6) is 0 Å². The van der Waals surface area contributed by atoms with Crippen LogP contribution in [0, 0.1) is 0 Å². The maximum atomic E-state index is 11.0. The molecule has 6 heteroatoms. The van der Waals surface area contributed by atoms with Crippen LogP contribution >= 0.6 is 0 Å². The molecule has 0 bridgehead atoms. The smallest absolute Gasteiger partial charge is 0.267 e. The van der Waals surface area contributed by atoms with Crippen molar-refractivity contribution in [2.24, 2.45) is 11.5 Å². The van der Waals surface area contributed by atoms with E-state index in [1.165, 1.54) is 0 Å². The van der Waals surface area contributed by atoms with Crippen molar-refractivity contribution in [2.45, 2.75) is 0 Å². The average Bonchev–Trinajstić information content (AvgIpc) is 2.34. The highest BCUT2D eigenvalue weighted by molar-refractivity contribution is 5.91. The number of nitrogens with two attached hydrogens (primary N) is 2. The van der Waals surface area contributed by atoms with E-state index in [-0.39, 0.29) is 5.69 Å². The molecular weight excluding hydrogens is 220 g/mol. The van der Waals surface area contributed by atoms with Crippen molar-refractivity contribution in [2.75, 3.05) is 38.3 Å². The van der Waals surface area contributed by atoms with E-state index < -0.39 is 5.91 Å². The number of amides is 1. The lowest BCUT2D eigenvalue weighted by Crippen LogP contribution is -2.32. The van der Waals surface area contributed by atoms with Gasteiger partial charge in [0.25, 0.3) is 5.91 Å². The number of nitrogens with zero attached hydrogens (tertiary/aromatic N) is 2. The molecule has 1 aromatic heterocycles. The highest BCUT2D eigenvalue weighted by Gasteiger charge is 2.08. The van der Waals surface area contributed by atoms with Gasteiger partial charge in [0.1, 0.15) is 5.69 Å². The zero-order valence-corrected chi connectivity index (χ0v) is 9.93. The third kappa shape index (κ3) is 4.01. The molecule has 0 unspecified atom stereocenters. The minimum absolute atomic E-state index is 0.252. The summed E-state index contributed by atoms with van der Waals surface area (Å²) >= 11 is 0. The number of anilines is 1. The van der Waals surface area contributed by atoms with Crippen molar-refractivity contribution in [3.63, 3.8) is 0 Å². The number of primary amides is 1. The second kappa shape index (κ2) is 6.82. The van der Waals surface area contributed by atoms with Gasteiger partial charge in [-0.25, -0.2) is 0 Å². The number of methoxy groups -OCH3 is 1. The molecule has 6 nitrogen and oxygen atoms in total. The molecule has 0 aromatic carbocycles. The summed E-state index contributed by atoms with van der Waals surface area (Å²) in [7, 11) is 1.64. The SMILES string of the molecule is COCCN(CCN)c1ccnc(C(N)=O)c1. The van der Waals surface area contributed by atoms with Gasteiger partial charge in [0.15, 0.2) is 0 Å². The number of pyridine rings is 1. The number of hydrogen-bond donors (Lipinski definition) is 2. The third-order valence-corrected chi connectivity index (χ3v) is 2.33. The second-order valence-electron chi connectivity index (χ2n) is 3.53. The number of carbonyl (C=O) groups is 1. The number of carbonyl (C=O) groups excluding carboxylic acids is 1. The number of ether oxygens (including phenoxy) is 1. The molecule has 1 aromatic rings. The van der Waals surface area contributed by atoms with Gasteiger partial charge in [0.05, 0.1) is 6.61 Å². The molecule has 0 fully saturated rings. The van der Waals surface area contributed by atoms with E-state index >= 15 is 0 Å². The van der Waals surface area contributed by atoms with E-state index in [9.17, 15) is 4.79 Å². The fourth-order valence-electron chi connectivity index (χ4n) is 1.48. The van der Waals surface area contributed by atoms with Crippen LogP contribution in [0.4, 0.5) is 5.69 Å². The summed E-state index contributed by atoms with van der Waals surface area (Å²) in [5, 5.41) is 0. The predicted molar refractivity (Wildman–Crippen MR) is 65.9 cm³/mol. The Hall–Kier alpha value is -1.66. The molecule has 0 aliphatic rings. The molecule has 0 radical (unpaired) electrons. The Bertz CT molecular complexity index is 370. The Morgan fingerprint density at radius 1 is 1.53 bits per heavy atom. The predicted octanol–water partition coefficient (Wildman–Crippen LogP) is -0.408. The fraction of sp³-hybridized carbons (Fsp3) is 0.455. The Balaban J connectivity index is 2.84. The van der Waals surface area contributed by atoms with Gasteiger partial charge in [0.2, 0.25) is 0 Å². The summed E-state index contributed by atoms with van der Waals surface area (Å²) in [5.74, 6) is -0.536. The lowest BCUT2D eigenvalue weighted by Gasteiger charge is -2.23. The summed E-state index contributed by atoms with van der Waals surface area (Å²) in [6.07, 6.45) is 1.56. The molecule has 4 N–H and O–H groups in total. The first-order valence-corrected chi connectivity index (χ1v) is 5.39. The van der Waals surface area contributed by atoms with Crippen LogP contribution in [0.15, 0.2) is 18.3 Å². The van der Waals surface area contributed by atoms with Crippen LogP contribution in [0.3, 0.4) is 0 Å². The number of hydrogen-bond acceptors (Lipinski definition) is 5. The van der Waals surface area contributed by atoms with E-state index in [0.717, 1.165) is 5.69 Å². The van der Waals surface area contributed by atoms with Gasteiger partial charge in [-0.2, -0.15) is 0 Å². The summed E-state index contributed by atoms with van der Waals surface area (Å²) < 4.78 is 5.03. The van der Waals surface area contributed by atoms with Crippen LogP contribution < -0.4 is 16.4 Å². The van der Waals surface area contributed by atoms with Crippen molar-refractivity contribution in [1.29, 1.82) is 0 Å². The van der Waals surface area contributed by atoms with Crippen LogP contribution in [-0.4, -0.2) is 44.2 Å². The third-order valence-electron chi connectivity index (χ3n) is 2.33. The largest absolute Gasteiger partial charge is 0.383 e. The Morgan fingerprint density at radius 3 is 2.88 bits per heavy atom. The molecule has 0 saturated heterocycles. The first-order valence-electron chi connectivity index (χ1n) is 5.39. The molecular formula is C11H18N4O2. The molecule has 0 saturated carbocycles. The topological polar surface area (TPSA) is 94.5 Å². The Morgan fingerprint density at radius 2 is 2.29 bits per heavy atom. The quantitative estimate of drug-likeness (QED) is 0.673. The zero-order chi connectivity index (χ0) is 12.7. The maximum Gasteiger partial charge on any atom is 0.267 e. The molecule has 1 amide bonds. The van der Waals surface area contributed by atoms with E-state index in [1.54, 1.807) is 19.4 Å². The molecule has 94 valence electrons. The van der Waals surface area contributed by atoms with Gasteiger partial charge in [0, 0.05) is 38.6 Å². The van der Waals surface area contributed by atoms with Crippen molar-refractivity contribution in [3.05, 3.63) is 24.0 Å². The zero-order valence-electron chi connectivity index (χ0n) is 9.93. The molecule has 17 heavy (non-hydrogen) atoms. The first-order chi connectivity index (χ1) is 8.19. The van der Waals surface area contributed by atoms with Gasteiger partial charge >= 0.3 is 0 Å². The maximum absolute atomic E-state index is 11.0. The Kier molecular flexibility index (Phi) is 5.38. The monoisotopic (exact) mass is 238 g/mol. The highest BCUT2D eigenvalue weighted by Crippen LogP contribution is 2.13. The average molecular weight is 238 g/mol. The molecule has 0 atom stereocenters. The van der Waals surface area contributed by atoms with Gasteiger partial charge in [-0.15, -0.1) is 0 Å². The number of rotatable bonds is 7. The van der Waals surface area contributed by atoms with Crippen LogP contribution in [-0.2, 0) is 4.74 Å². The van der Waals surface area contributed by atoms with Crippen molar-refractivity contribution < 1.29 is 9.53 Å². The van der Waals surface area contributed by atoms with E-state index in [1.807, 2.05) is 11.0 Å². The van der Waals surface area contributed by atoms with Crippen LogP contribution in [0.25, 0.3) is 0 Å². The lowest BCUT2D eigenvalue weighted by atomic mass is 10.2. The highest BCUT2D eigenvalue weighted by atomic mass is 16.5. The summed E-state index contributed by atoms with van der Waals surface area (Å²) in [6, 6.07) is 3.48. The standard InChI is InChI=1S/C11H18N4O2/c1-17-7-6-15(5-3-12)9-2-4-14-10(8-9)11(13)16/h2,4,8H,3,5-7,12H2,1H3,(H2,13,16). The molecule has 0 aliphatic carbocycles. The van der Waals surface area contributed by atoms with Crippen LogP contribution in [0.1, 0.15) is 10.5 Å². The summed E-state index contributed by atoms with van der Waals surface area (Å²) in [5.41, 5.74) is 11.9. The lowest BCUT2D eigenvalue weighted by molar-refractivity contribution is 0.0995. The van der Waals surface area contributed by atoms with Gasteiger partial charge in [-0.3, -0.25) is 9.78 Å². The molecule has 1 rings (SSSR count). The van der Waals surface area contributed by atoms with Crippen molar-refractivity contribution >= 4 is 11.6 Å². The molecule has 0 spiro atoms. The van der Waals surface area contributed by atoms with Crippen LogP contribution in [0.2, 0.25) is 0 Å². The first kappa shape index (κ1) is 13.4. The second-order valence-corrected chi connectivity index (χ2v) is 3.53. The minimum Gasteiger partial charge on any atom is -0.383 e. The van der Waals surface area contributed by atoms with E-state index in [4.69, 9.17) is 16.2 Å². The molecule has 0 aliphatic heterocycles. The van der Waals surface area contributed by atoms with E-state index in [0.29, 0.717) is 26.2 Å². The summed E-state index contributed by atoms with van der Waals surface area (Å²) in [6.45, 7) is 2.51. The van der Waals surface area contributed by atoms with Crippen molar-refractivity contribution in [1.82, 2.24) is 4.98 Å².